The van der Waals surface area contributed by atoms with E-state index in [2.05, 4.69) is 37.2 Å². The molecule has 1 amide bonds. The van der Waals surface area contributed by atoms with Crippen molar-refractivity contribution in [2.75, 3.05) is 38.5 Å². The minimum Gasteiger partial charge on any atom is -0.350 e. The number of rotatable bonds is 4. The Hall–Kier alpha value is -2.48. The lowest BCUT2D eigenvalue weighted by Gasteiger charge is -2.27. The highest BCUT2D eigenvalue weighted by Crippen LogP contribution is 2.25. The lowest BCUT2D eigenvalue weighted by Crippen LogP contribution is -2.32. The fourth-order valence-electron chi connectivity index (χ4n) is 3.72. The number of carbonyl (C=O) groups is 1. The highest BCUT2D eigenvalue weighted by molar-refractivity contribution is 5.92. The molecule has 2 aromatic rings. The van der Waals surface area contributed by atoms with Crippen LogP contribution in [0.15, 0.2) is 24.7 Å². The SMILES string of the molecule is CN1CCC(c2ncc(C(=O)N3CCC(Nc4ncccn4)C3)[nH]2)CC1. The summed E-state index contributed by atoms with van der Waals surface area (Å²) in [5, 5.41) is 3.29. The fourth-order valence-corrected chi connectivity index (χ4v) is 3.72. The van der Waals surface area contributed by atoms with E-state index in [-0.39, 0.29) is 11.9 Å². The summed E-state index contributed by atoms with van der Waals surface area (Å²) in [6.45, 7) is 3.54. The number of nitrogens with zero attached hydrogens (tertiary/aromatic N) is 5. The number of aromatic nitrogens is 4. The van der Waals surface area contributed by atoms with Crippen molar-refractivity contribution in [2.24, 2.45) is 0 Å². The first-order valence-corrected chi connectivity index (χ1v) is 9.25. The predicted molar refractivity (Wildman–Crippen MR) is 98.0 cm³/mol. The first kappa shape index (κ1) is 17.0. The first-order chi connectivity index (χ1) is 12.7. The van der Waals surface area contributed by atoms with Gasteiger partial charge in [0, 0.05) is 37.4 Å². The van der Waals surface area contributed by atoms with E-state index >= 15 is 0 Å². The molecule has 8 heteroatoms. The molecular formula is C18H25N7O. The van der Waals surface area contributed by atoms with Gasteiger partial charge in [-0.15, -0.1) is 0 Å². The van der Waals surface area contributed by atoms with Crippen LogP contribution in [-0.4, -0.2) is 74.9 Å². The van der Waals surface area contributed by atoms with Crippen LogP contribution in [0.5, 0.6) is 0 Å². The van der Waals surface area contributed by atoms with Crippen molar-refractivity contribution in [3.8, 4) is 0 Å². The maximum absolute atomic E-state index is 12.8. The van der Waals surface area contributed by atoms with Crippen LogP contribution in [0.4, 0.5) is 5.95 Å². The van der Waals surface area contributed by atoms with Crippen LogP contribution in [-0.2, 0) is 0 Å². The Labute approximate surface area is 153 Å². The van der Waals surface area contributed by atoms with Crippen molar-refractivity contribution in [2.45, 2.75) is 31.2 Å². The molecule has 2 fully saturated rings. The maximum Gasteiger partial charge on any atom is 0.271 e. The molecule has 2 saturated heterocycles. The second kappa shape index (κ2) is 7.41. The van der Waals surface area contributed by atoms with Gasteiger partial charge < -0.3 is 20.1 Å². The van der Waals surface area contributed by atoms with Crippen molar-refractivity contribution in [3.63, 3.8) is 0 Å². The molecule has 0 aliphatic carbocycles. The molecule has 2 aliphatic heterocycles. The van der Waals surface area contributed by atoms with Crippen molar-refractivity contribution in [3.05, 3.63) is 36.2 Å². The lowest BCUT2D eigenvalue weighted by molar-refractivity contribution is 0.0786. The Morgan fingerprint density at radius 2 is 1.92 bits per heavy atom. The van der Waals surface area contributed by atoms with Gasteiger partial charge >= 0.3 is 0 Å². The van der Waals surface area contributed by atoms with Gasteiger partial charge in [-0.25, -0.2) is 15.0 Å². The van der Waals surface area contributed by atoms with Crippen molar-refractivity contribution >= 4 is 11.9 Å². The second-order valence-corrected chi connectivity index (χ2v) is 7.21. The largest absolute Gasteiger partial charge is 0.350 e. The van der Waals surface area contributed by atoms with Gasteiger partial charge in [-0.2, -0.15) is 0 Å². The van der Waals surface area contributed by atoms with Crippen LogP contribution in [0.25, 0.3) is 0 Å². The molecule has 2 aliphatic rings. The number of hydrogen-bond acceptors (Lipinski definition) is 6. The van der Waals surface area contributed by atoms with Gasteiger partial charge in [0.15, 0.2) is 0 Å². The van der Waals surface area contributed by atoms with E-state index in [1.807, 2.05) is 4.90 Å². The molecule has 138 valence electrons. The number of imidazole rings is 1. The molecule has 0 radical (unpaired) electrons. The first-order valence-electron chi connectivity index (χ1n) is 9.25. The van der Waals surface area contributed by atoms with Crippen LogP contribution >= 0.6 is 0 Å². The monoisotopic (exact) mass is 355 g/mol. The van der Waals surface area contributed by atoms with E-state index < -0.39 is 0 Å². The number of nitrogens with one attached hydrogen (secondary N) is 2. The molecule has 0 aromatic carbocycles. The molecule has 1 unspecified atom stereocenters. The minimum absolute atomic E-state index is 0.0231. The number of hydrogen-bond donors (Lipinski definition) is 2. The Morgan fingerprint density at radius 1 is 1.15 bits per heavy atom. The van der Waals surface area contributed by atoms with Gasteiger partial charge in [0.25, 0.3) is 5.91 Å². The van der Waals surface area contributed by atoms with E-state index in [0.29, 0.717) is 24.1 Å². The van der Waals surface area contributed by atoms with Crippen LogP contribution in [0.1, 0.15) is 41.5 Å². The van der Waals surface area contributed by atoms with E-state index in [9.17, 15) is 4.79 Å². The van der Waals surface area contributed by atoms with Gasteiger partial charge in [0.05, 0.1) is 6.20 Å². The highest BCUT2D eigenvalue weighted by Gasteiger charge is 2.29. The second-order valence-electron chi connectivity index (χ2n) is 7.21. The maximum atomic E-state index is 12.8. The lowest BCUT2D eigenvalue weighted by atomic mass is 9.97. The van der Waals surface area contributed by atoms with Gasteiger partial charge in [-0.1, -0.05) is 0 Å². The molecule has 0 spiro atoms. The minimum atomic E-state index is 0.0231. The third kappa shape index (κ3) is 3.70. The standard InChI is InChI=1S/C18H25N7O/c1-24-8-3-13(4-9-24)16-21-11-15(23-16)17(26)25-10-5-14(12-25)22-18-19-6-2-7-20-18/h2,6-7,11,13-14H,3-5,8-10,12H2,1H3,(H,21,23)(H,19,20,22). The number of amides is 1. The normalized spacial score (nSPS) is 21.9. The quantitative estimate of drug-likeness (QED) is 0.860. The molecule has 1 atom stereocenters. The number of H-pyrrole nitrogens is 1. The number of anilines is 1. The van der Waals surface area contributed by atoms with Crippen LogP contribution in [0.2, 0.25) is 0 Å². The fraction of sp³-hybridized carbons (Fsp3) is 0.556. The molecule has 4 heterocycles. The topological polar surface area (TPSA) is 90.0 Å². The van der Waals surface area contributed by atoms with Crippen LogP contribution in [0.3, 0.4) is 0 Å². The van der Waals surface area contributed by atoms with E-state index in [1.165, 1.54) is 0 Å². The summed E-state index contributed by atoms with van der Waals surface area (Å²) in [4.78, 5) is 33.1. The molecule has 0 saturated carbocycles. The molecular weight excluding hydrogens is 330 g/mol. The van der Waals surface area contributed by atoms with Gasteiger partial charge in [-0.05, 0) is 45.5 Å². The average Bonchev–Trinajstić information content (AvgIpc) is 3.33. The van der Waals surface area contributed by atoms with Gasteiger partial charge in [0.2, 0.25) is 5.95 Å². The number of aromatic amines is 1. The third-order valence-electron chi connectivity index (χ3n) is 5.31. The van der Waals surface area contributed by atoms with E-state index in [0.717, 1.165) is 44.7 Å². The zero-order valence-electron chi connectivity index (χ0n) is 15.1. The Balaban J connectivity index is 1.35. The summed E-state index contributed by atoms with van der Waals surface area (Å²) in [6.07, 6.45) is 8.18. The molecule has 2 N–H and O–H groups in total. The molecule has 4 rings (SSSR count). The predicted octanol–water partition coefficient (Wildman–Crippen LogP) is 1.34. The zero-order valence-corrected chi connectivity index (χ0v) is 15.1. The number of piperidine rings is 1. The summed E-state index contributed by atoms with van der Waals surface area (Å²) >= 11 is 0. The van der Waals surface area contributed by atoms with Gasteiger partial charge in [0.1, 0.15) is 11.5 Å². The molecule has 2 aromatic heterocycles. The van der Waals surface area contributed by atoms with Crippen molar-refractivity contribution in [1.29, 1.82) is 0 Å². The highest BCUT2D eigenvalue weighted by atomic mass is 16.2. The number of carbonyl (C=O) groups excluding carboxylic acids is 1. The van der Waals surface area contributed by atoms with E-state index in [1.54, 1.807) is 24.7 Å². The summed E-state index contributed by atoms with van der Waals surface area (Å²) in [5.41, 5.74) is 0.593. The summed E-state index contributed by atoms with van der Waals surface area (Å²) in [5.74, 6) is 2.01. The third-order valence-corrected chi connectivity index (χ3v) is 5.31. The summed E-state index contributed by atoms with van der Waals surface area (Å²) < 4.78 is 0. The molecule has 0 bridgehead atoms. The van der Waals surface area contributed by atoms with Crippen LogP contribution in [0, 0.1) is 0 Å². The number of likely N-dealkylation sites (tertiary alicyclic amines) is 2. The van der Waals surface area contributed by atoms with E-state index in [4.69, 9.17) is 0 Å². The summed E-state index contributed by atoms with van der Waals surface area (Å²) in [7, 11) is 2.14. The Kier molecular flexibility index (Phi) is 4.83. The summed E-state index contributed by atoms with van der Waals surface area (Å²) in [6, 6.07) is 1.97. The van der Waals surface area contributed by atoms with Crippen molar-refractivity contribution < 1.29 is 4.79 Å². The Morgan fingerprint density at radius 3 is 2.69 bits per heavy atom. The molecule has 26 heavy (non-hydrogen) atoms. The average molecular weight is 355 g/mol. The smallest absolute Gasteiger partial charge is 0.271 e. The van der Waals surface area contributed by atoms with Gasteiger partial charge in [-0.3, -0.25) is 4.79 Å². The Bertz CT molecular complexity index is 739. The van der Waals surface area contributed by atoms with Crippen LogP contribution < -0.4 is 5.32 Å². The molecule has 8 nitrogen and oxygen atoms in total. The van der Waals surface area contributed by atoms with Crippen molar-refractivity contribution in [1.82, 2.24) is 29.7 Å². The zero-order chi connectivity index (χ0) is 17.9.